The number of rotatable bonds is 3. The Hall–Kier alpha value is -1.33. The molecule has 0 fully saturated rings. The Morgan fingerprint density at radius 2 is 2.06 bits per heavy atom. The third kappa shape index (κ3) is 2.08. The van der Waals surface area contributed by atoms with Crippen molar-refractivity contribution in [2.75, 3.05) is 0 Å². The first-order chi connectivity index (χ1) is 7.93. The number of carboxylic acid groups (broad SMARTS) is 1. The van der Waals surface area contributed by atoms with E-state index in [2.05, 4.69) is 0 Å². The maximum absolute atomic E-state index is 12.1. The second-order valence-corrected chi connectivity index (χ2v) is 6.01. The third-order valence-electron chi connectivity index (χ3n) is 2.51. The van der Waals surface area contributed by atoms with Crippen molar-refractivity contribution in [3.05, 3.63) is 33.7 Å². The largest absolute Gasteiger partial charge is 0.481 e. The Balaban J connectivity index is 2.43. The van der Waals surface area contributed by atoms with Gasteiger partial charge in [0.25, 0.3) is 0 Å². The van der Waals surface area contributed by atoms with Crippen LogP contribution in [-0.2, 0) is 14.6 Å². The molecule has 6 heteroatoms. The Bertz CT molecular complexity index is 616. The summed E-state index contributed by atoms with van der Waals surface area (Å²) in [6.07, 6.45) is 1.26. The number of allylic oxidation sites excluding steroid dienone is 1. The summed E-state index contributed by atoms with van der Waals surface area (Å²) in [5, 5.41) is 8.74. The highest BCUT2D eigenvalue weighted by molar-refractivity contribution is 7.96. The van der Waals surface area contributed by atoms with Crippen LogP contribution in [0.4, 0.5) is 0 Å². The van der Waals surface area contributed by atoms with Crippen LogP contribution in [-0.4, -0.2) is 19.5 Å². The van der Waals surface area contributed by atoms with Crippen LogP contribution in [0.5, 0.6) is 0 Å². The minimum absolute atomic E-state index is 0.0112. The highest BCUT2D eigenvalue weighted by Crippen LogP contribution is 2.39. The minimum Gasteiger partial charge on any atom is -0.481 e. The van der Waals surface area contributed by atoms with E-state index in [4.69, 9.17) is 16.7 Å². The third-order valence-corrected chi connectivity index (χ3v) is 4.95. The molecule has 1 aliphatic rings. The summed E-state index contributed by atoms with van der Waals surface area (Å²) in [6, 6.07) is 4.81. The molecule has 0 bridgehead atoms. The van der Waals surface area contributed by atoms with E-state index in [1.165, 1.54) is 12.1 Å². The lowest BCUT2D eigenvalue weighted by Gasteiger charge is -2.03. The van der Waals surface area contributed by atoms with Crippen molar-refractivity contribution in [3.8, 4) is 0 Å². The predicted octanol–water partition coefficient (Wildman–Crippen LogP) is 2.33. The van der Waals surface area contributed by atoms with E-state index in [0.717, 1.165) is 0 Å². The van der Waals surface area contributed by atoms with Crippen molar-refractivity contribution < 1.29 is 18.3 Å². The fourth-order valence-electron chi connectivity index (χ4n) is 1.74. The molecule has 1 aliphatic heterocycles. The molecule has 17 heavy (non-hydrogen) atoms. The lowest BCUT2D eigenvalue weighted by atomic mass is 10.2. The molecule has 1 aromatic rings. The van der Waals surface area contributed by atoms with Gasteiger partial charge in [-0.3, -0.25) is 4.79 Å². The topological polar surface area (TPSA) is 71.4 Å². The molecule has 0 radical (unpaired) electrons. The fourth-order valence-corrected chi connectivity index (χ4v) is 3.91. The molecule has 0 unspecified atom stereocenters. The smallest absolute Gasteiger partial charge is 0.303 e. The molecule has 0 spiro atoms. The number of sulfone groups is 1. The molecular weight excluding hydrogens is 264 g/mol. The average molecular weight is 273 g/mol. The van der Waals surface area contributed by atoms with Crippen molar-refractivity contribution in [1.29, 1.82) is 0 Å². The molecule has 0 aromatic heterocycles. The maximum atomic E-state index is 12.1. The van der Waals surface area contributed by atoms with Gasteiger partial charge in [0.15, 0.2) is 0 Å². The van der Waals surface area contributed by atoms with Crippen LogP contribution < -0.4 is 0 Å². The Morgan fingerprint density at radius 3 is 2.65 bits per heavy atom. The summed E-state index contributed by atoms with van der Waals surface area (Å²) in [6.45, 7) is 0. The van der Waals surface area contributed by atoms with E-state index >= 15 is 0 Å². The Kier molecular flexibility index (Phi) is 2.97. The molecule has 1 N–H and O–H groups in total. The van der Waals surface area contributed by atoms with Crippen LogP contribution in [0.2, 0.25) is 5.02 Å². The van der Waals surface area contributed by atoms with Gasteiger partial charge in [-0.25, -0.2) is 8.42 Å². The van der Waals surface area contributed by atoms with Gasteiger partial charge in [0.1, 0.15) is 0 Å². The zero-order valence-electron chi connectivity index (χ0n) is 8.68. The lowest BCUT2D eigenvalue weighted by Crippen LogP contribution is -2.04. The summed E-state index contributed by atoms with van der Waals surface area (Å²) in [4.78, 5) is 10.7. The van der Waals surface area contributed by atoms with Gasteiger partial charge in [-0.15, -0.1) is 0 Å². The van der Waals surface area contributed by atoms with Crippen molar-refractivity contribution in [2.24, 2.45) is 0 Å². The number of hydrogen-bond donors (Lipinski definition) is 1. The van der Waals surface area contributed by atoms with E-state index in [1.54, 1.807) is 12.1 Å². The number of fused-ring (bicyclic) bond motifs is 1. The van der Waals surface area contributed by atoms with Crippen molar-refractivity contribution in [1.82, 2.24) is 0 Å². The highest BCUT2D eigenvalue weighted by atomic mass is 35.5. The van der Waals surface area contributed by atoms with Crippen LogP contribution >= 0.6 is 11.6 Å². The number of carboxylic acids is 1. The van der Waals surface area contributed by atoms with Gasteiger partial charge in [0, 0.05) is 0 Å². The average Bonchev–Trinajstić information content (AvgIpc) is 2.48. The normalized spacial score (nSPS) is 16.4. The highest BCUT2D eigenvalue weighted by Gasteiger charge is 2.31. The van der Waals surface area contributed by atoms with Crippen molar-refractivity contribution in [3.63, 3.8) is 0 Å². The van der Waals surface area contributed by atoms with Crippen LogP contribution in [0.25, 0.3) is 6.08 Å². The lowest BCUT2D eigenvalue weighted by molar-refractivity contribution is -0.136. The summed E-state index contributed by atoms with van der Waals surface area (Å²) in [5.74, 6) is -1.02. The Morgan fingerprint density at radius 1 is 1.35 bits per heavy atom. The minimum atomic E-state index is -3.61. The molecule has 90 valence electrons. The quantitative estimate of drug-likeness (QED) is 0.917. The Labute approximate surface area is 103 Å². The van der Waals surface area contributed by atoms with Crippen LogP contribution in [0.3, 0.4) is 0 Å². The predicted molar refractivity (Wildman–Crippen MR) is 63.5 cm³/mol. The molecule has 0 aliphatic carbocycles. The summed E-state index contributed by atoms with van der Waals surface area (Å²) < 4.78 is 24.1. The van der Waals surface area contributed by atoms with Gasteiger partial charge >= 0.3 is 5.97 Å². The van der Waals surface area contributed by atoms with Gasteiger partial charge in [-0.1, -0.05) is 23.7 Å². The zero-order chi connectivity index (χ0) is 12.6. The molecular formula is C11H9ClO4S. The van der Waals surface area contributed by atoms with Gasteiger partial charge in [0.2, 0.25) is 9.84 Å². The van der Waals surface area contributed by atoms with E-state index in [9.17, 15) is 13.2 Å². The van der Waals surface area contributed by atoms with Crippen LogP contribution in [0, 0.1) is 0 Å². The van der Waals surface area contributed by atoms with Crippen molar-refractivity contribution >= 4 is 33.5 Å². The summed E-state index contributed by atoms with van der Waals surface area (Å²) in [7, 11) is -3.61. The molecule has 1 aromatic carbocycles. The summed E-state index contributed by atoms with van der Waals surface area (Å²) >= 11 is 5.85. The molecule has 4 nitrogen and oxygen atoms in total. The fraction of sp³-hybridized carbons (Fsp3) is 0.182. The maximum Gasteiger partial charge on any atom is 0.303 e. The number of halogens is 1. The molecule has 0 saturated carbocycles. The standard InChI is InChI=1S/C11H9ClO4S/c12-9-3-1-2-7-6-8(4-5-10(13)14)17(15,16)11(7)9/h1-3,6H,4-5H2,(H,13,14). The first-order valence-electron chi connectivity index (χ1n) is 4.89. The van der Waals surface area contributed by atoms with Crippen LogP contribution in [0.1, 0.15) is 18.4 Å². The van der Waals surface area contributed by atoms with E-state index in [1.807, 2.05) is 0 Å². The first-order valence-corrected chi connectivity index (χ1v) is 6.75. The van der Waals surface area contributed by atoms with Gasteiger partial charge in [-0.2, -0.15) is 0 Å². The number of hydrogen-bond acceptors (Lipinski definition) is 3. The number of carbonyl (C=O) groups is 1. The van der Waals surface area contributed by atoms with Gasteiger partial charge in [0.05, 0.1) is 21.2 Å². The molecule has 0 saturated heterocycles. The van der Waals surface area contributed by atoms with Gasteiger partial charge in [-0.05, 0) is 24.1 Å². The second kappa shape index (κ2) is 4.16. The molecule has 0 amide bonds. The monoisotopic (exact) mass is 272 g/mol. The zero-order valence-corrected chi connectivity index (χ0v) is 10.3. The number of benzene rings is 1. The SMILES string of the molecule is O=C(O)CCC1=Cc2cccc(Cl)c2S1(=O)=O. The molecule has 0 atom stereocenters. The van der Waals surface area contributed by atoms with Gasteiger partial charge < -0.3 is 5.11 Å². The van der Waals surface area contributed by atoms with E-state index < -0.39 is 15.8 Å². The number of aliphatic carboxylic acids is 1. The van der Waals surface area contributed by atoms with E-state index in [0.29, 0.717) is 5.56 Å². The van der Waals surface area contributed by atoms with E-state index in [-0.39, 0.29) is 27.7 Å². The molecule has 1 heterocycles. The summed E-state index contributed by atoms with van der Waals surface area (Å²) in [5.41, 5.74) is 0.526. The van der Waals surface area contributed by atoms with Crippen molar-refractivity contribution in [2.45, 2.75) is 17.7 Å². The van der Waals surface area contributed by atoms with Crippen LogP contribution in [0.15, 0.2) is 28.0 Å². The molecule has 2 rings (SSSR count). The first kappa shape index (κ1) is 12.1. The second-order valence-electron chi connectivity index (χ2n) is 3.67.